The van der Waals surface area contributed by atoms with Crippen LogP contribution in [0.1, 0.15) is 11.3 Å². The van der Waals surface area contributed by atoms with Crippen molar-refractivity contribution in [3.63, 3.8) is 0 Å². The minimum Gasteiger partial charge on any atom is -0.475 e. The number of alkyl halides is 3. The van der Waals surface area contributed by atoms with Crippen molar-refractivity contribution < 1.29 is 51.0 Å². The third-order valence-electron chi connectivity index (χ3n) is 4.54. The maximum atomic E-state index is 14.2. The number of amides is 1. The second kappa shape index (κ2) is 14.6. The van der Waals surface area contributed by atoms with Crippen molar-refractivity contribution in [2.45, 2.75) is 12.0 Å². The Labute approximate surface area is 222 Å². The number of hydrogen-bond acceptors (Lipinski definition) is 8. The second-order valence-corrected chi connectivity index (χ2v) is 9.45. The maximum Gasteiger partial charge on any atom is 0.490 e. The number of nitrogens with one attached hydrogen (secondary N) is 1. The van der Waals surface area contributed by atoms with E-state index in [1.54, 1.807) is 84.9 Å². The molecule has 3 aromatic rings. The molecule has 0 radical (unpaired) electrons. The molecule has 0 aliphatic carbocycles. The van der Waals surface area contributed by atoms with Crippen LogP contribution in [0, 0.1) is 0 Å². The molecule has 210 valence electrons. The Morgan fingerprint density at radius 3 is 1.77 bits per heavy atom. The van der Waals surface area contributed by atoms with E-state index in [1.165, 1.54) is 7.11 Å². The zero-order valence-electron chi connectivity index (χ0n) is 20.5. The fraction of sp³-hybridized carbons (Fsp3) is 0.200. The summed E-state index contributed by atoms with van der Waals surface area (Å²) in [7, 11) is -2.59. The van der Waals surface area contributed by atoms with Crippen LogP contribution < -0.4 is 20.1 Å². The van der Waals surface area contributed by atoms with Gasteiger partial charge in [-0.1, -0.05) is 48.5 Å². The quantitative estimate of drug-likeness (QED) is 0.160. The van der Waals surface area contributed by atoms with Crippen molar-refractivity contribution in [2.75, 3.05) is 26.1 Å². The molecular weight excluding hydrogens is 544 g/mol. The average Bonchev–Trinajstić information content (AvgIpc) is 2.89. The van der Waals surface area contributed by atoms with E-state index in [9.17, 15) is 22.5 Å². The molecule has 39 heavy (non-hydrogen) atoms. The Hall–Kier alpha value is -4.22. The van der Waals surface area contributed by atoms with E-state index >= 15 is 0 Å². The molecule has 0 heterocycles. The number of para-hydroxylation sites is 2. The van der Waals surface area contributed by atoms with Gasteiger partial charge >= 0.3 is 25.8 Å². The monoisotopic (exact) mass is 570 g/mol. The van der Waals surface area contributed by atoms with Gasteiger partial charge in [0.2, 0.25) is 0 Å². The van der Waals surface area contributed by atoms with Crippen LogP contribution in [0.5, 0.6) is 11.5 Å². The van der Waals surface area contributed by atoms with Gasteiger partial charge in [-0.3, -0.25) is 0 Å². The molecule has 0 saturated heterocycles. The van der Waals surface area contributed by atoms with Crippen LogP contribution in [0.4, 0.5) is 23.7 Å². The molecule has 10 nitrogen and oxygen atoms in total. The highest BCUT2D eigenvalue weighted by atomic mass is 31.2. The number of carboxylic acid groups (broad SMARTS) is 1. The topological polar surface area (TPSA) is 146 Å². The first-order valence-corrected chi connectivity index (χ1v) is 12.7. The van der Waals surface area contributed by atoms with Crippen molar-refractivity contribution in [2.24, 2.45) is 0 Å². The number of alkyl carbamates (subject to hydrolysis) is 1. The number of halogens is 3. The highest BCUT2D eigenvalue weighted by Gasteiger charge is 2.42. The van der Waals surface area contributed by atoms with Gasteiger partial charge in [0.15, 0.2) is 5.78 Å². The first-order valence-electron chi connectivity index (χ1n) is 11.1. The first kappa shape index (κ1) is 31.0. The average molecular weight is 570 g/mol. The second-order valence-electron chi connectivity index (χ2n) is 7.49. The molecule has 0 bridgehead atoms. The lowest BCUT2D eigenvalue weighted by atomic mass is 10.2. The molecule has 4 N–H and O–H groups in total. The molecule has 0 aliphatic rings. The van der Waals surface area contributed by atoms with Crippen molar-refractivity contribution in [1.82, 2.24) is 5.32 Å². The van der Waals surface area contributed by atoms with Gasteiger partial charge in [0.1, 0.15) is 18.1 Å². The number of nitrogens with two attached hydrogens (primary N) is 1. The number of anilines is 1. The summed E-state index contributed by atoms with van der Waals surface area (Å²) in [4.78, 5) is 21.4. The van der Waals surface area contributed by atoms with Gasteiger partial charge in [0.25, 0.3) is 0 Å². The lowest BCUT2D eigenvalue weighted by molar-refractivity contribution is -0.192. The normalized spacial score (nSPS) is 11.8. The summed E-state index contributed by atoms with van der Waals surface area (Å²) >= 11 is 0. The van der Waals surface area contributed by atoms with Crippen LogP contribution in [0.15, 0.2) is 84.9 Å². The summed E-state index contributed by atoms with van der Waals surface area (Å²) in [6.45, 7) is 0.249. The summed E-state index contributed by atoms with van der Waals surface area (Å²) in [6, 6.07) is 23.7. The molecule has 3 aromatic carbocycles. The summed E-state index contributed by atoms with van der Waals surface area (Å²) in [5.41, 5.74) is 6.79. The van der Waals surface area contributed by atoms with Crippen LogP contribution in [-0.4, -0.2) is 43.7 Å². The largest absolute Gasteiger partial charge is 0.490 e. The summed E-state index contributed by atoms with van der Waals surface area (Å²) < 4.78 is 67.8. The third-order valence-corrected chi connectivity index (χ3v) is 6.53. The molecule has 0 aliphatic heterocycles. The molecule has 0 spiro atoms. The van der Waals surface area contributed by atoms with Gasteiger partial charge in [-0.25, -0.2) is 14.2 Å². The van der Waals surface area contributed by atoms with E-state index in [0.717, 1.165) is 0 Å². The fourth-order valence-electron chi connectivity index (χ4n) is 2.77. The Morgan fingerprint density at radius 1 is 0.897 bits per heavy atom. The Kier molecular flexibility index (Phi) is 11.6. The van der Waals surface area contributed by atoms with Gasteiger partial charge in [0, 0.05) is 12.8 Å². The molecular formula is C25H26F3N2O8P. The standard InChI is InChI=1S/C23H25N2O6P.C2HF3O2/c1-28-16-17-29-23(26)25-22(18-12-14-19(24)15-13-18)32(27,30-20-8-4-2-5-9-20)31-21-10-6-3-7-11-21;3-2(4,5)1(6)7/h2-15,22H,16-17,24H2,1H3,(H,25,26);(H,6,7). The minimum atomic E-state index is -5.08. The molecule has 1 amide bonds. The van der Waals surface area contributed by atoms with E-state index < -0.39 is 31.6 Å². The number of methoxy groups -OCH3 is 1. The molecule has 1 atom stereocenters. The first-order chi connectivity index (χ1) is 18.4. The van der Waals surface area contributed by atoms with E-state index in [1.807, 2.05) is 0 Å². The summed E-state index contributed by atoms with van der Waals surface area (Å²) in [5.74, 6) is -3.30. The molecule has 0 aromatic heterocycles. The highest BCUT2D eigenvalue weighted by Crippen LogP contribution is 2.59. The van der Waals surface area contributed by atoms with Crippen LogP contribution in [0.25, 0.3) is 0 Å². The predicted molar refractivity (Wildman–Crippen MR) is 135 cm³/mol. The number of benzene rings is 3. The van der Waals surface area contributed by atoms with Crippen LogP contribution in [0.2, 0.25) is 0 Å². The molecule has 3 rings (SSSR count). The van der Waals surface area contributed by atoms with Gasteiger partial charge in [-0.05, 0) is 42.0 Å². The molecule has 0 saturated carbocycles. The van der Waals surface area contributed by atoms with E-state index in [-0.39, 0.29) is 13.2 Å². The molecule has 1 unspecified atom stereocenters. The minimum absolute atomic E-state index is 0.0280. The highest BCUT2D eigenvalue weighted by molar-refractivity contribution is 7.55. The maximum absolute atomic E-state index is 14.2. The lowest BCUT2D eigenvalue weighted by Crippen LogP contribution is -2.32. The number of nitrogen functional groups attached to an aromatic ring is 1. The Morgan fingerprint density at radius 2 is 1.36 bits per heavy atom. The number of hydrogen-bond donors (Lipinski definition) is 3. The predicted octanol–water partition coefficient (Wildman–Crippen LogP) is 5.62. The van der Waals surface area contributed by atoms with E-state index in [4.69, 9.17) is 34.2 Å². The van der Waals surface area contributed by atoms with Crippen LogP contribution >= 0.6 is 7.60 Å². The number of carbonyl (C=O) groups excluding carboxylic acids is 1. The van der Waals surface area contributed by atoms with Crippen molar-refractivity contribution in [1.29, 1.82) is 0 Å². The Bertz CT molecular complexity index is 1180. The summed E-state index contributed by atoms with van der Waals surface area (Å²) in [5, 5.41) is 9.75. The van der Waals surface area contributed by atoms with E-state index in [0.29, 0.717) is 22.7 Å². The summed E-state index contributed by atoms with van der Waals surface area (Å²) in [6.07, 6.45) is -5.88. The van der Waals surface area contributed by atoms with Gasteiger partial charge < -0.3 is 34.7 Å². The molecule has 14 heteroatoms. The van der Waals surface area contributed by atoms with Crippen molar-refractivity contribution >= 4 is 25.3 Å². The molecule has 0 fully saturated rings. The van der Waals surface area contributed by atoms with Crippen molar-refractivity contribution in [3.05, 3.63) is 90.5 Å². The Balaban J connectivity index is 0.000000673. The number of ether oxygens (including phenoxy) is 2. The fourth-order valence-corrected chi connectivity index (χ4v) is 4.65. The van der Waals surface area contributed by atoms with Crippen LogP contribution in [-0.2, 0) is 18.8 Å². The zero-order chi connectivity index (χ0) is 28.9. The van der Waals surface area contributed by atoms with Gasteiger partial charge in [-0.2, -0.15) is 13.2 Å². The third kappa shape index (κ3) is 10.6. The van der Waals surface area contributed by atoms with Crippen LogP contribution in [0.3, 0.4) is 0 Å². The zero-order valence-corrected chi connectivity index (χ0v) is 21.4. The number of carbonyl (C=O) groups is 2. The van der Waals surface area contributed by atoms with Crippen molar-refractivity contribution in [3.8, 4) is 11.5 Å². The van der Waals surface area contributed by atoms with Gasteiger partial charge in [-0.15, -0.1) is 0 Å². The SMILES string of the molecule is COCCOC(=O)NC(c1ccc(N)cc1)P(=O)(Oc1ccccc1)Oc1ccccc1.O=C(O)C(F)(F)F. The van der Waals surface area contributed by atoms with Gasteiger partial charge in [0.05, 0.1) is 6.61 Å². The number of rotatable bonds is 10. The lowest BCUT2D eigenvalue weighted by Gasteiger charge is -2.28. The number of aliphatic carboxylic acids is 1. The van der Waals surface area contributed by atoms with E-state index in [2.05, 4.69) is 5.32 Å². The smallest absolute Gasteiger partial charge is 0.475 e. The number of carboxylic acids is 1.